The number of esters is 1. The number of nitrogens with one attached hydrogen (secondary N) is 2. The Balaban J connectivity index is 1.76. The van der Waals surface area contributed by atoms with Gasteiger partial charge < -0.3 is 20.1 Å². The summed E-state index contributed by atoms with van der Waals surface area (Å²) >= 11 is 0. The molecule has 0 unspecified atom stereocenters. The monoisotopic (exact) mass is 396 g/mol. The molecule has 2 amide bonds. The van der Waals surface area contributed by atoms with Crippen LogP contribution in [-0.2, 0) is 19.1 Å². The molecule has 2 aromatic rings. The van der Waals surface area contributed by atoms with Crippen molar-refractivity contribution in [1.82, 2.24) is 5.32 Å². The molecule has 0 aliphatic carbocycles. The number of carbonyl (C=O) groups is 3. The lowest BCUT2D eigenvalue weighted by atomic mass is 10.1. The number of benzene rings is 2. The fraction of sp³-hybridized carbons (Fsp3) is 0.227. The Morgan fingerprint density at radius 2 is 1.66 bits per heavy atom. The van der Waals surface area contributed by atoms with E-state index in [1.54, 1.807) is 12.1 Å². The zero-order chi connectivity index (χ0) is 21.2. The van der Waals surface area contributed by atoms with E-state index in [1.165, 1.54) is 19.3 Å². The Labute approximate surface area is 169 Å². The molecule has 0 saturated heterocycles. The topological polar surface area (TPSA) is 93.7 Å². The van der Waals surface area contributed by atoms with E-state index in [4.69, 9.17) is 9.47 Å². The lowest BCUT2D eigenvalue weighted by Gasteiger charge is -2.11. The van der Waals surface area contributed by atoms with Gasteiger partial charge >= 0.3 is 5.97 Å². The van der Waals surface area contributed by atoms with Gasteiger partial charge in [0.15, 0.2) is 6.61 Å². The van der Waals surface area contributed by atoms with E-state index in [9.17, 15) is 14.4 Å². The number of rotatable bonds is 8. The van der Waals surface area contributed by atoms with E-state index in [0.717, 1.165) is 16.8 Å². The molecule has 0 aromatic heterocycles. The van der Waals surface area contributed by atoms with Crippen molar-refractivity contribution in [2.45, 2.75) is 13.8 Å². The molecule has 0 saturated carbocycles. The third kappa shape index (κ3) is 6.80. The van der Waals surface area contributed by atoms with Crippen LogP contribution in [-0.4, -0.2) is 38.0 Å². The van der Waals surface area contributed by atoms with Crippen LogP contribution < -0.4 is 15.4 Å². The second-order valence-corrected chi connectivity index (χ2v) is 6.27. The molecule has 0 aliphatic rings. The molecule has 29 heavy (non-hydrogen) atoms. The first-order valence-corrected chi connectivity index (χ1v) is 9.01. The summed E-state index contributed by atoms with van der Waals surface area (Å²) < 4.78 is 10.1. The number of carbonyl (C=O) groups excluding carboxylic acids is 3. The summed E-state index contributed by atoms with van der Waals surface area (Å²) in [5.74, 6) is -0.992. The Hall–Kier alpha value is -3.61. The summed E-state index contributed by atoms with van der Waals surface area (Å²) in [7, 11) is 1.53. The average molecular weight is 396 g/mol. The van der Waals surface area contributed by atoms with E-state index in [0.29, 0.717) is 11.3 Å². The second kappa shape index (κ2) is 10.7. The van der Waals surface area contributed by atoms with Crippen LogP contribution in [0.5, 0.6) is 5.75 Å². The highest BCUT2D eigenvalue weighted by atomic mass is 16.5. The Bertz CT molecular complexity index is 901. The van der Waals surface area contributed by atoms with Gasteiger partial charge in [0, 0.05) is 17.3 Å². The van der Waals surface area contributed by atoms with Crippen molar-refractivity contribution in [3.63, 3.8) is 0 Å². The van der Waals surface area contributed by atoms with Crippen molar-refractivity contribution in [3.05, 3.63) is 65.2 Å². The molecule has 2 N–H and O–H groups in total. The lowest BCUT2D eigenvalue weighted by Crippen LogP contribution is -2.35. The maximum atomic E-state index is 12.0. The summed E-state index contributed by atoms with van der Waals surface area (Å²) in [6.45, 7) is 3.07. The number of methoxy groups -OCH3 is 1. The van der Waals surface area contributed by atoms with Crippen molar-refractivity contribution in [3.8, 4) is 5.75 Å². The van der Waals surface area contributed by atoms with Crippen LogP contribution in [0.3, 0.4) is 0 Å². The maximum Gasteiger partial charge on any atom is 0.331 e. The van der Waals surface area contributed by atoms with Crippen molar-refractivity contribution >= 4 is 29.5 Å². The van der Waals surface area contributed by atoms with E-state index in [-0.39, 0.29) is 12.5 Å². The van der Waals surface area contributed by atoms with Gasteiger partial charge in [0.05, 0.1) is 13.7 Å². The van der Waals surface area contributed by atoms with E-state index in [2.05, 4.69) is 10.6 Å². The Morgan fingerprint density at radius 3 is 2.34 bits per heavy atom. The normalized spacial score (nSPS) is 10.4. The van der Waals surface area contributed by atoms with Gasteiger partial charge in [-0.1, -0.05) is 36.4 Å². The molecule has 7 nitrogen and oxygen atoms in total. The molecule has 0 fully saturated rings. The number of aryl methyl sites for hydroxylation is 2. The molecule has 152 valence electrons. The van der Waals surface area contributed by atoms with Crippen LogP contribution in [0, 0.1) is 13.8 Å². The molecule has 0 radical (unpaired) electrons. The minimum absolute atomic E-state index is 0.221. The first-order chi connectivity index (χ1) is 13.9. The summed E-state index contributed by atoms with van der Waals surface area (Å²) in [5.41, 5.74) is 3.29. The highest BCUT2D eigenvalue weighted by Crippen LogP contribution is 2.19. The molecule has 0 spiro atoms. The van der Waals surface area contributed by atoms with E-state index < -0.39 is 18.5 Å². The summed E-state index contributed by atoms with van der Waals surface area (Å²) in [6.07, 6.45) is 2.75. The van der Waals surface area contributed by atoms with Gasteiger partial charge in [-0.3, -0.25) is 9.59 Å². The quantitative estimate of drug-likeness (QED) is 0.528. The molecule has 0 heterocycles. The Morgan fingerprint density at radius 1 is 0.966 bits per heavy atom. The molecular formula is C22H24N2O5. The van der Waals surface area contributed by atoms with Crippen molar-refractivity contribution in [2.24, 2.45) is 0 Å². The summed E-state index contributed by atoms with van der Waals surface area (Å²) in [6, 6.07) is 12.9. The van der Waals surface area contributed by atoms with Gasteiger partial charge in [-0.05, 0) is 37.1 Å². The number of para-hydroxylation sites is 2. The van der Waals surface area contributed by atoms with Gasteiger partial charge in [-0.25, -0.2) is 4.79 Å². The van der Waals surface area contributed by atoms with E-state index in [1.807, 2.05) is 44.2 Å². The smallest absolute Gasteiger partial charge is 0.331 e. The standard InChI is InChI=1S/C22H24N2O5/c1-15-7-6-8-16(2)22(15)24-19(25)13-23-20(26)14-29-21(27)12-11-17-9-4-5-10-18(17)28-3/h4-12H,13-14H2,1-3H3,(H,23,26)(H,24,25)/b12-11+. The van der Waals surface area contributed by atoms with Crippen LogP contribution in [0.15, 0.2) is 48.5 Å². The van der Waals surface area contributed by atoms with Gasteiger partial charge in [0.1, 0.15) is 5.75 Å². The van der Waals surface area contributed by atoms with Gasteiger partial charge in [-0.15, -0.1) is 0 Å². The van der Waals surface area contributed by atoms with E-state index >= 15 is 0 Å². The molecule has 2 rings (SSSR count). The SMILES string of the molecule is COc1ccccc1/C=C/C(=O)OCC(=O)NCC(=O)Nc1c(C)cccc1C. The third-order valence-electron chi connectivity index (χ3n) is 4.08. The fourth-order valence-corrected chi connectivity index (χ4v) is 2.57. The van der Waals surface area contributed by atoms with Crippen LogP contribution in [0.4, 0.5) is 5.69 Å². The first kappa shape index (κ1) is 21.7. The van der Waals surface area contributed by atoms with Crippen molar-refractivity contribution in [2.75, 3.05) is 25.6 Å². The zero-order valence-electron chi connectivity index (χ0n) is 16.7. The summed E-state index contributed by atoms with van der Waals surface area (Å²) in [4.78, 5) is 35.6. The van der Waals surface area contributed by atoms with Gasteiger partial charge in [0.2, 0.25) is 5.91 Å². The lowest BCUT2D eigenvalue weighted by molar-refractivity contribution is -0.143. The summed E-state index contributed by atoms with van der Waals surface area (Å²) in [5, 5.41) is 5.18. The predicted molar refractivity (Wildman–Crippen MR) is 111 cm³/mol. The predicted octanol–water partition coefficient (Wildman–Crippen LogP) is 2.62. The van der Waals surface area contributed by atoms with Crippen molar-refractivity contribution < 1.29 is 23.9 Å². The van der Waals surface area contributed by atoms with Crippen LogP contribution in [0.25, 0.3) is 6.08 Å². The number of ether oxygens (including phenoxy) is 2. The molecule has 0 aliphatic heterocycles. The third-order valence-corrected chi connectivity index (χ3v) is 4.08. The number of amides is 2. The minimum atomic E-state index is -0.675. The zero-order valence-corrected chi connectivity index (χ0v) is 16.7. The largest absolute Gasteiger partial charge is 0.496 e. The van der Waals surface area contributed by atoms with Crippen molar-refractivity contribution in [1.29, 1.82) is 0 Å². The van der Waals surface area contributed by atoms with Gasteiger partial charge in [-0.2, -0.15) is 0 Å². The number of hydrogen-bond donors (Lipinski definition) is 2. The van der Waals surface area contributed by atoms with Crippen LogP contribution in [0.1, 0.15) is 16.7 Å². The molecule has 0 atom stereocenters. The van der Waals surface area contributed by atoms with Gasteiger partial charge in [0.25, 0.3) is 5.91 Å². The fourth-order valence-electron chi connectivity index (χ4n) is 2.57. The second-order valence-electron chi connectivity index (χ2n) is 6.27. The average Bonchev–Trinajstić information content (AvgIpc) is 2.72. The van der Waals surface area contributed by atoms with Crippen LogP contribution in [0.2, 0.25) is 0 Å². The number of anilines is 1. The highest BCUT2D eigenvalue weighted by molar-refractivity contribution is 5.96. The first-order valence-electron chi connectivity index (χ1n) is 9.01. The highest BCUT2D eigenvalue weighted by Gasteiger charge is 2.10. The van der Waals surface area contributed by atoms with Crippen LogP contribution >= 0.6 is 0 Å². The molecular weight excluding hydrogens is 372 g/mol. The molecule has 2 aromatic carbocycles. The Kier molecular flexibility index (Phi) is 7.97. The molecule has 7 heteroatoms. The maximum absolute atomic E-state index is 12.0. The minimum Gasteiger partial charge on any atom is -0.496 e. The number of hydrogen-bond acceptors (Lipinski definition) is 5. The molecule has 0 bridgehead atoms.